The molecule has 0 bridgehead atoms. The number of imidazole rings is 1. The zero-order valence-corrected chi connectivity index (χ0v) is 18.4. The number of benzene rings is 2. The molecule has 3 heterocycles. The van der Waals surface area contributed by atoms with Crippen molar-refractivity contribution in [2.75, 3.05) is 13.1 Å². The van der Waals surface area contributed by atoms with Crippen molar-refractivity contribution in [2.24, 2.45) is 0 Å². The summed E-state index contributed by atoms with van der Waals surface area (Å²) < 4.78 is 22.9. The molecule has 2 aromatic heterocycles. The Hall–Kier alpha value is -4.20. The fraction of sp³-hybridized carbons (Fsp3) is 0.192. The third-order valence-electron chi connectivity index (χ3n) is 6.14. The van der Waals surface area contributed by atoms with E-state index in [2.05, 4.69) is 11.6 Å². The predicted molar refractivity (Wildman–Crippen MR) is 126 cm³/mol. The molecule has 0 spiro atoms. The maximum Gasteiger partial charge on any atom is 0.334 e. The van der Waals surface area contributed by atoms with Crippen LogP contribution in [-0.4, -0.2) is 38.0 Å². The number of ether oxygens (including phenoxy) is 1. The molecule has 172 valence electrons. The van der Waals surface area contributed by atoms with Crippen LogP contribution < -0.4 is 10.4 Å². The van der Waals surface area contributed by atoms with Crippen molar-refractivity contribution in [2.45, 2.75) is 19.1 Å². The van der Waals surface area contributed by atoms with Crippen LogP contribution in [0.25, 0.3) is 16.7 Å². The zero-order valence-electron chi connectivity index (χ0n) is 18.4. The third kappa shape index (κ3) is 3.87. The van der Waals surface area contributed by atoms with Gasteiger partial charge >= 0.3 is 5.69 Å². The Morgan fingerprint density at radius 3 is 2.71 bits per heavy atom. The number of carbonyl (C=O) groups is 1. The standard InChI is InChI=1S/C26H23FN4O3/c1-2-25(32)29-14-12-20(16-29)31-23-11-13-28-15-24(23)30(26(31)33)19-7-9-21(10-8-19)34-17-18-5-3-4-6-22(18)27/h2-11,13,15,20H,1,12,14,16-17H2/t20-/m1/s1. The Morgan fingerprint density at radius 1 is 1.15 bits per heavy atom. The number of pyridine rings is 1. The first-order chi connectivity index (χ1) is 16.6. The zero-order chi connectivity index (χ0) is 23.7. The maximum absolute atomic E-state index is 13.8. The van der Waals surface area contributed by atoms with Crippen LogP contribution in [0.3, 0.4) is 0 Å². The minimum atomic E-state index is -0.314. The van der Waals surface area contributed by atoms with Crippen LogP contribution >= 0.6 is 0 Å². The van der Waals surface area contributed by atoms with Gasteiger partial charge in [0.1, 0.15) is 18.2 Å². The number of carbonyl (C=O) groups excluding carboxylic acids is 1. The van der Waals surface area contributed by atoms with Crippen molar-refractivity contribution in [1.29, 1.82) is 0 Å². The molecule has 0 N–H and O–H groups in total. The van der Waals surface area contributed by atoms with Crippen LogP contribution in [0.15, 0.2) is 84.4 Å². The molecular weight excluding hydrogens is 435 g/mol. The lowest BCUT2D eigenvalue weighted by molar-refractivity contribution is -0.125. The van der Waals surface area contributed by atoms with Crippen molar-refractivity contribution >= 4 is 16.9 Å². The van der Waals surface area contributed by atoms with Gasteiger partial charge in [0, 0.05) is 24.8 Å². The minimum absolute atomic E-state index is 0.108. The summed E-state index contributed by atoms with van der Waals surface area (Å²) >= 11 is 0. The molecule has 8 heteroatoms. The third-order valence-corrected chi connectivity index (χ3v) is 6.14. The van der Waals surface area contributed by atoms with Gasteiger partial charge in [-0.25, -0.2) is 9.18 Å². The molecular formula is C26H23FN4O3. The second-order valence-electron chi connectivity index (χ2n) is 8.16. The number of hydrogen-bond donors (Lipinski definition) is 0. The Labute approximate surface area is 195 Å². The number of hydrogen-bond acceptors (Lipinski definition) is 4. The average molecular weight is 458 g/mol. The number of rotatable bonds is 6. The summed E-state index contributed by atoms with van der Waals surface area (Å²) in [6, 6.07) is 15.2. The molecule has 1 atom stereocenters. The quantitative estimate of drug-likeness (QED) is 0.412. The first kappa shape index (κ1) is 21.6. The molecule has 0 saturated carbocycles. The Balaban J connectivity index is 1.45. The first-order valence-electron chi connectivity index (χ1n) is 11.0. The van der Waals surface area contributed by atoms with Crippen molar-refractivity contribution in [3.63, 3.8) is 0 Å². The molecule has 1 aliphatic rings. The van der Waals surface area contributed by atoms with Gasteiger partial charge in [0.05, 0.1) is 29.0 Å². The molecule has 1 fully saturated rings. The average Bonchev–Trinajstić information content (AvgIpc) is 3.45. The fourth-order valence-corrected chi connectivity index (χ4v) is 4.42. The van der Waals surface area contributed by atoms with Crippen molar-refractivity contribution < 1.29 is 13.9 Å². The molecule has 34 heavy (non-hydrogen) atoms. The molecule has 0 radical (unpaired) electrons. The summed E-state index contributed by atoms with van der Waals surface area (Å²) in [5, 5.41) is 0. The smallest absolute Gasteiger partial charge is 0.334 e. The summed E-state index contributed by atoms with van der Waals surface area (Å²) in [5.41, 5.74) is 2.38. The lowest BCUT2D eigenvalue weighted by Gasteiger charge is -2.15. The summed E-state index contributed by atoms with van der Waals surface area (Å²) in [4.78, 5) is 31.5. The summed E-state index contributed by atoms with van der Waals surface area (Å²) in [5.74, 6) is 0.120. The van der Waals surface area contributed by atoms with E-state index in [1.165, 1.54) is 12.1 Å². The highest BCUT2D eigenvalue weighted by atomic mass is 19.1. The topological polar surface area (TPSA) is 69.4 Å². The van der Waals surface area contributed by atoms with E-state index in [0.29, 0.717) is 42.0 Å². The van der Waals surface area contributed by atoms with Gasteiger partial charge in [-0.3, -0.25) is 18.9 Å². The molecule has 7 nitrogen and oxygen atoms in total. The maximum atomic E-state index is 13.8. The van der Waals surface area contributed by atoms with Gasteiger partial charge in [0.2, 0.25) is 5.91 Å². The van der Waals surface area contributed by atoms with E-state index < -0.39 is 0 Å². The van der Waals surface area contributed by atoms with E-state index in [4.69, 9.17) is 4.74 Å². The lowest BCUT2D eigenvalue weighted by Crippen LogP contribution is -2.31. The second kappa shape index (κ2) is 8.97. The number of likely N-dealkylation sites (tertiary alicyclic amines) is 1. The molecule has 5 rings (SSSR count). The predicted octanol–water partition coefficient (Wildman–Crippen LogP) is 3.86. The SMILES string of the molecule is C=CC(=O)N1CC[C@@H](n2c(=O)n(-c3ccc(OCc4ccccc4F)cc3)c3cnccc32)C1. The molecule has 1 aliphatic heterocycles. The van der Waals surface area contributed by atoms with E-state index in [9.17, 15) is 14.0 Å². The number of aromatic nitrogens is 3. The van der Waals surface area contributed by atoms with E-state index in [-0.39, 0.29) is 30.1 Å². The fourth-order valence-electron chi connectivity index (χ4n) is 4.42. The number of amides is 1. The highest BCUT2D eigenvalue weighted by Gasteiger charge is 2.29. The van der Waals surface area contributed by atoms with Crippen LogP contribution in [0.5, 0.6) is 5.75 Å². The van der Waals surface area contributed by atoms with Crippen LogP contribution in [0.1, 0.15) is 18.0 Å². The van der Waals surface area contributed by atoms with Gasteiger partial charge < -0.3 is 9.64 Å². The van der Waals surface area contributed by atoms with Crippen LogP contribution in [0.2, 0.25) is 0 Å². The monoisotopic (exact) mass is 458 g/mol. The Morgan fingerprint density at radius 2 is 1.94 bits per heavy atom. The minimum Gasteiger partial charge on any atom is -0.489 e. The van der Waals surface area contributed by atoms with E-state index in [1.807, 2.05) is 6.07 Å². The summed E-state index contributed by atoms with van der Waals surface area (Å²) in [6.45, 7) is 4.69. The van der Waals surface area contributed by atoms with Gasteiger partial charge in [0.15, 0.2) is 0 Å². The number of nitrogens with zero attached hydrogens (tertiary/aromatic N) is 4. The molecule has 0 unspecified atom stereocenters. The van der Waals surface area contributed by atoms with Crippen LogP contribution in [0.4, 0.5) is 4.39 Å². The van der Waals surface area contributed by atoms with Gasteiger partial charge in [-0.05, 0) is 48.9 Å². The lowest BCUT2D eigenvalue weighted by atomic mass is 10.2. The van der Waals surface area contributed by atoms with Crippen molar-refractivity contribution in [3.05, 3.63) is 102 Å². The van der Waals surface area contributed by atoms with Gasteiger partial charge in [-0.15, -0.1) is 0 Å². The first-order valence-corrected chi connectivity index (χ1v) is 11.0. The molecule has 0 aliphatic carbocycles. The summed E-state index contributed by atoms with van der Waals surface area (Å²) in [7, 11) is 0. The van der Waals surface area contributed by atoms with Crippen molar-refractivity contribution in [3.8, 4) is 11.4 Å². The van der Waals surface area contributed by atoms with E-state index in [0.717, 1.165) is 5.52 Å². The molecule has 1 amide bonds. The van der Waals surface area contributed by atoms with E-state index in [1.54, 1.807) is 68.9 Å². The van der Waals surface area contributed by atoms with Crippen molar-refractivity contribution in [1.82, 2.24) is 19.0 Å². The van der Waals surface area contributed by atoms with Crippen LogP contribution in [0, 0.1) is 5.82 Å². The number of halogens is 1. The van der Waals surface area contributed by atoms with Gasteiger partial charge in [0.25, 0.3) is 0 Å². The Bertz CT molecular complexity index is 1420. The van der Waals surface area contributed by atoms with Gasteiger partial charge in [-0.2, -0.15) is 0 Å². The normalized spacial score (nSPS) is 15.6. The molecule has 2 aromatic carbocycles. The second-order valence-corrected chi connectivity index (χ2v) is 8.16. The summed E-state index contributed by atoms with van der Waals surface area (Å²) in [6.07, 6.45) is 5.30. The molecule has 4 aromatic rings. The largest absolute Gasteiger partial charge is 0.489 e. The molecule has 1 saturated heterocycles. The van der Waals surface area contributed by atoms with E-state index >= 15 is 0 Å². The highest BCUT2D eigenvalue weighted by Crippen LogP contribution is 2.27. The number of fused-ring (bicyclic) bond motifs is 1. The Kier molecular flexibility index (Phi) is 5.71. The highest BCUT2D eigenvalue weighted by molar-refractivity contribution is 5.87. The van der Waals surface area contributed by atoms with Gasteiger partial charge in [-0.1, -0.05) is 24.8 Å². The van der Waals surface area contributed by atoms with Crippen LogP contribution in [-0.2, 0) is 11.4 Å².